The summed E-state index contributed by atoms with van der Waals surface area (Å²) in [5, 5.41) is 0. The molecule has 3 nitrogen and oxygen atoms in total. The average Bonchev–Trinajstić information content (AvgIpc) is 2.34. The highest BCUT2D eigenvalue weighted by molar-refractivity contribution is 5.81. The van der Waals surface area contributed by atoms with Gasteiger partial charge in [0.2, 0.25) is 0 Å². The van der Waals surface area contributed by atoms with E-state index in [0.29, 0.717) is 0 Å². The van der Waals surface area contributed by atoms with E-state index in [0.717, 1.165) is 18.6 Å². The zero-order valence-corrected chi connectivity index (χ0v) is 10.4. The molecule has 0 aromatic rings. The monoisotopic (exact) mass is 224 g/mol. The fourth-order valence-electron chi connectivity index (χ4n) is 1.73. The van der Waals surface area contributed by atoms with Crippen LogP contribution in [0.25, 0.3) is 0 Å². The lowest BCUT2D eigenvalue weighted by molar-refractivity contribution is -0.134. The Morgan fingerprint density at radius 3 is 2.94 bits per heavy atom. The number of carbonyl (C=O) groups excluding carboxylic acids is 1. The minimum atomic E-state index is -0.342. The van der Waals surface area contributed by atoms with Crippen LogP contribution in [0.3, 0.4) is 0 Å². The summed E-state index contributed by atoms with van der Waals surface area (Å²) in [6, 6.07) is 0. The molecule has 0 saturated carbocycles. The molecule has 90 valence electrons. The molecule has 0 bridgehead atoms. The van der Waals surface area contributed by atoms with Crippen molar-refractivity contribution in [3.63, 3.8) is 0 Å². The summed E-state index contributed by atoms with van der Waals surface area (Å²) < 4.78 is 10.4. The maximum atomic E-state index is 11.1. The van der Waals surface area contributed by atoms with Crippen molar-refractivity contribution in [2.45, 2.75) is 39.7 Å². The van der Waals surface area contributed by atoms with E-state index < -0.39 is 0 Å². The Balaban J connectivity index is 2.77. The van der Waals surface area contributed by atoms with Crippen LogP contribution >= 0.6 is 0 Å². The van der Waals surface area contributed by atoms with Crippen LogP contribution in [0.2, 0.25) is 0 Å². The number of esters is 1. The SMILES string of the molecule is COC(=O)/C=C/C1OC(C)=CCCC1(C)C. The van der Waals surface area contributed by atoms with E-state index in [1.54, 1.807) is 6.08 Å². The van der Waals surface area contributed by atoms with E-state index in [-0.39, 0.29) is 17.5 Å². The Morgan fingerprint density at radius 1 is 1.62 bits per heavy atom. The Labute approximate surface area is 97.1 Å². The Kier molecular flexibility index (Phi) is 4.16. The van der Waals surface area contributed by atoms with E-state index in [1.165, 1.54) is 13.2 Å². The van der Waals surface area contributed by atoms with Crippen LogP contribution in [-0.2, 0) is 14.3 Å². The second-order valence-corrected chi connectivity index (χ2v) is 4.76. The molecule has 0 N–H and O–H groups in total. The van der Waals surface area contributed by atoms with Crippen LogP contribution in [0, 0.1) is 5.41 Å². The Hall–Kier alpha value is -1.25. The Morgan fingerprint density at radius 2 is 2.31 bits per heavy atom. The molecule has 0 saturated heterocycles. The molecule has 1 unspecified atom stereocenters. The molecule has 0 amide bonds. The first-order chi connectivity index (χ1) is 7.45. The van der Waals surface area contributed by atoms with E-state index in [4.69, 9.17) is 4.74 Å². The van der Waals surface area contributed by atoms with Crippen molar-refractivity contribution >= 4 is 5.97 Å². The molecule has 1 heterocycles. The maximum absolute atomic E-state index is 11.1. The second-order valence-electron chi connectivity index (χ2n) is 4.76. The van der Waals surface area contributed by atoms with Crippen LogP contribution in [0.15, 0.2) is 24.0 Å². The van der Waals surface area contributed by atoms with E-state index >= 15 is 0 Å². The van der Waals surface area contributed by atoms with Gasteiger partial charge in [-0.25, -0.2) is 4.79 Å². The van der Waals surface area contributed by atoms with Gasteiger partial charge in [-0.1, -0.05) is 13.8 Å². The van der Waals surface area contributed by atoms with Gasteiger partial charge in [-0.3, -0.25) is 0 Å². The summed E-state index contributed by atoms with van der Waals surface area (Å²) in [5.41, 5.74) is 0.0266. The normalized spacial score (nSPS) is 24.5. The maximum Gasteiger partial charge on any atom is 0.330 e. The summed E-state index contributed by atoms with van der Waals surface area (Å²) in [7, 11) is 1.37. The quantitative estimate of drug-likeness (QED) is 0.534. The molecule has 16 heavy (non-hydrogen) atoms. The molecule has 0 aliphatic carbocycles. The predicted molar refractivity (Wildman–Crippen MR) is 62.8 cm³/mol. The first kappa shape index (κ1) is 12.8. The molecule has 1 atom stereocenters. The first-order valence-corrected chi connectivity index (χ1v) is 5.55. The van der Waals surface area contributed by atoms with Crippen molar-refractivity contribution in [3.05, 3.63) is 24.0 Å². The number of allylic oxidation sites excluding steroid dienone is 2. The van der Waals surface area contributed by atoms with Gasteiger partial charge in [-0.05, 0) is 31.9 Å². The molecule has 1 aliphatic rings. The van der Waals surface area contributed by atoms with Gasteiger partial charge in [-0.15, -0.1) is 0 Å². The van der Waals surface area contributed by atoms with Gasteiger partial charge in [0.05, 0.1) is 12.9 Å². The third-order valence-electron chi connectivity index (χ3n) is 2.91. The first-order valence-electron chi connectivity index (χ1n) is 5.55. The van der Waals surface area contributed by atoms with Gasteiger partial charge in [0.1, 0.15) is 6.10 Å². The molecule has 0 spiro atoms. The van der Waals surface area contributed by atoms with Crippen LogP contribution in [0.1, 0.15) is 33.6 Å². The summed E-state index contributed by atoms with van der Waals surface area (Å²) >= 11 is 0. The number of hydrogen-bond donors (Lipinski definition) is 0. The molecular formula is C13H20O3. The summed E-state index contributed by atoms with van der Waals surface area (Å²) in [5.74, 6) is 0.579. The lowest BCUT2D eigenvalue weighted by atomic mass is 9.82. The van der Waals surface area contributed by atoms with Gasteiger partial charge in [0, 0.05) is 11.5 Å². The van der Waals surface area contributed by atoms with Gasteiger partial charge in [-0.2, -0.15) is 0 Å². The van der Waals surface area contributed by atoms with Crippen molar-refractivity contribution in [1.29, 1.82) is 0 Å². The molecule has 1 rings (SSSR count). The minimum Gasteiger partial charge on any atom is -0.491 e. The van der Waals surface area contributed by atoms with Gasteiger partial charge in [0.25, 0.3) is 0 Å². The van der Waals surface area contributed by atoms with Crippen LogP contribution in [-0.4, -0.2) is 19.2 Å². The average molecular weight is 224 g/mol. The molecule has 0 radical (unpaired) electrons. The van der Waals surface area contributed by atoms with Gasteiger partial charge >= 0.3 is 5.97 Å². The zero-order chi connectivity index (χ0) is 12.2. The standard InChI is InChI=1S/C13H20O3/c1-10-6-5-9-13(2,3)11(16-10)7-8-12(14)15-4/h6-8,11H,5,9H2,1-4H3/b8-7+. The molecule has 0 aromatic heterocycles. The number of ether oxygens (including phenoxy) is 2. The highest BCUT2D eigenvalue weighted by Crippen LogP contribution is 2.34. The fourth-order valence-corrected chi connectivity index (χ4v) is 1.73. The number of carbonyl (C=O) groups is 1. The smallest absolute Gasteiger partial charge is 0.330 e. The van der Waals surface area contributed by atoms with Gasteiger partial charge in [0.15, 0.2) is 0 Å². The highest BCUT2D eigenvalue weighted by atomic mass is 16.5. The third-order valence-corrected chi connectivity index (χ3v) is 2.91. The molecule has 0 fully saturated rings. The highest BCUT2D eigenvalue weighted by Gasteiger charge is 2.30. The zero-order valence-electron chi connectivity index (χ0n) is 10.4. The number of hydrogen-bond acceptors (Lipinski definition) is 3. The molecule has 0 aromatic carbocycles. The summed E-state index contributed by atoms with van der Waals surface area (Å²) in [4.78, 5) is 11.1. The second kappa shape index (κ2) is 5.19. The van der Waals surface area contributed by atoms with Crippen molar-refractivity contribution in [2.24, 2.45) is 5.41 Å². The van der Waals surface area contributed by atoms with Crippen molar-refractivity contribution in [3.8, 4) is 0 Å². The van der Waals surface area contributed by atoms with Crippen LogP contribution in [0.4, 0.5) is 0 Å². The van der Waals surface area contributed by atoms with Crippen molar-refractivity contribution < 1.29 is 14.3 Å². The van der Waals surface area contributed by atoms with Crippen molar-refractivity contribution in [1.82, 2.24) is 0 Å². The third kappa shape index (κ3) is 3.40. The van der Waals surface area contributed by atoms with E-state index in [9.17, 15) is 4.79 Å². The summed E-state index contributed by atoms with van der Waals surface area (Å²) in [6.45, 7) is 6.23. The molecule has 3 heteroatoms. The van der Waals surface area contributed by atoms with Crippen molar-refractivity contribution in [2.75, 3.05) is 7.11 Å². The Bertz CT molecular complexity index is 313. The van der Waals surface area contributed by atoms with E-state index in [2.05, 4.69) is 24.7 Å². The van der Waals surface area contributed by atoms with Crippen LogP contribution < -0.4 is 0 Å². The number of methoxy groups -OCH3 is 1. The summed E-state index contributed by atoms with van der Waals surface area (Å²) in [6.07, 6.45) is 7.29. The van der Waals surface area contributed by atoms with Crippen LogP contribution in [0.5, 0.6) is 0 Å². The molecular weight excluding hydrogens is 204 g/mol. The lowest BCUT2D eigenvalue weighted by Crippen LogP contribution is -2.29. The van der Waals surface area contributed by atoms with E-state index in [1.807, 2.05) is 6.92 Å². The lowest BCUT2D eigenvalue weighted by Gasteiger charge is -2.30. The fraction of sp³-hybridized carbons (Fsp3) is 0.615. The molecule has 1 aliphatic heterocycles. The minimum absolute atomic E-state index is 0.0266. The number of rotatable bonds is 2. The largest absolute Gasteiger partial charge is 0.491 e. The predicted octanol–water partition coefficient (Wildman–Crippen LogP) is 2.82. The van der Waals surface area contributed by atoms with Gasteiger partial charge < -0.3 is 9.47 Å². The topological polar surface area (TPSA) is 35.5 Å².